The van der Waals surface area contributed by atoms with Crippen LogP contribution in [-0.4, -0.2) is 10.8 Å². The lowest BCUT2D eigenvalue weighted by Crippen LogP contribution is -2.33. The highest BCUT2D eigenvalue weighted by Crippen LogP contribution is 2.52. The van der Waals surface area contributed by atoms with Crippen molar-refractivity contribution in [3.8, 4) is 0 Å². The number of anilines is 1. The van der Waals surface area contributed by atoms with Crippen LogP contribution >= 0.6 is 15.9 Å². The number of ketones is 1. The molecule has 2 aromatic carbocycles. The molecule has 1 aliphatic carbocycles. The van der Waals surface area contributed by atoms with Gasteiger partial charge < -0.3 is 5.32 Å². The molecule has 0 spiro atoms. The van der Waals surface area contributed by atoms with Crippen molar-refractivity contribution in [3.63, 3.8) is 0 Å². The number of carbonyl (C=O) groups excluding carboxylic acids is 1. The van der Waals surface area contributed by atoms with Crippen molar-refractivity contribution < 1.29 is 4.79 Å². The number of nitrogens with one attached hydrogen (secondary N) is 1. The van der Waals surface area contributed by atoms with Crippen molar-refractivity contribution in [3.05, 3.63) is 75.9 Å². The standard InChI is InChI=1S/C24H21BrN2O/c1-24(2)12-16-21-15-7-5-11-26-18(15)9-10-19(21)27-23(22(16)20(28)13-24)14-6-3-4-8-17(14)25/h3-11,23,27H,12-13H2,1-2H3. The van der Waals surface area contributed by atoms with E-state index in [0.717, 1.165) is 44.2 Å². The molecule has 0 saturated heterocycles. The second kappa shape index (κ2) is 6.28. The summed E-state index contributed by atoms with van der Waals surface area (Å²) in [5.41, 5.74) is 6.32. The van der Waals surface area contributed by atoms with Gasteiger partial charge in [0.1, 0.15) is 0 Å². The molecular weight excluding hydrogens is 412 g/mol. The van der Waals surface area contributed by atoms with E-state index in [1.54, 1.807) is 0 Å². The van der Waals surface area contributed by atoms with Crippen molar-refractivity contribution in [1.29, 1.82) is 0 Å². The van der Waals surface area contributed by atoms with E-state index in [1.165, 1.54) is 5.57 Å². The summed E-state index contributed by atoms with van der Waals surface area (Å²) < 4.78 is 1.02. The SMILES string of the molecule is CC1(C)CC(=O)C2=C(C1)c1c(ccc3ncccc13)NC2c1ccccc1Br. The van der Waals surface area contributed by atoms with Gasteiger partial charge in [0.25, 0.3) is 0 Å². The third-order valence-electron chi connectivity index (χ3n) is 5.81. The Labute approximate surface area is 173 Å². The minimum absolute atomic E-state index is 0.0482. The number of benzene rings is 2. The van der Waals surface area contributed by atoms with E-state index >= 15 is 0 Å². The van der Waals surface area contributed by atoms with Gasteiger partial charge in [0, 0.05) is 39.3 Å². The molecule has 0 bridgehead atoms. The van der Waals surface area contributed by atoms with Gasteiger partial charge in [0.15, 0.2) is 5.78 Å². The molecule has 0 saturated carbocycles. The van der Waals surface area contributed by atoms with Crippen LogP contribution in [-0.2, 0) is 4.79 Å². The van der Waals surface area contributed by atoms with E-state index in [0.29, 0.717) is 6.42 Å². The molecule has 1 N–H and O–H groups in total. The fourth-order valence-electron chi connectivity index (χ4n) is 4.66. The van der Waals surface area contributed by atoms with Gasteiger partial charge in [-0.2, -0.15) is 0 Å². The van der Waals surface area contributed by atoms with Gasteiger partial charge >= 0.3 is 0 Å². The Balaban J connectivity index is 1.83. The Morgan fingerprint density at radius 3 is 2.71 bits per heavy atom. The van der Waals surface area contributed by atoms with Gasteiger partial charge in [-0.15, -0.1) is 0 Å². The van der Waals surface area contributed by atoms with Crippen molar-refractivity contribution in [2.24, 2.45) is 5.41 Å². The van der Waals surface area contributed by atoms with Gasteiger partial charge in [-0.3, -0.25) is 9.78 Å². The number of hydrogen-bond acceptors (Lipinski definition) is 3. The van der Waals surface area contributed by atoms with Crippen molar-refractivity contribution >= 4 is 43.9 Å². The average molecular weight is 433 g/mol. The largest absolute Gasteiger partial charge is 0.373 e. The first-order chi connectivity index (χ1) is 13.4. The summed E-state index contributed by atoms with van der Waals surface area (Å²) in [7, 11) is 0. The number of pyridine rings is 1. The average Bonchev–Trinajstić information content (AvgIpc) is 2.66. The van der Waals surface area contributed by atoms with Crippen LogP contribution in [0.4, 0.5) is 5.69 Å². The minimum Gasteiger partial charge on any atom is -0.373 e. The molecule has 3 aromatic rings. The second-order valence-corrected chi connectivity index (χ2v) is 9.34. The molecule has 1 unspecified atom stereocenters. The summed E-state index contributed by atoms with van der Waals surface area (Å²) in [5, 5.41) is 4.77. The third-order valence-corrected chi connectivity index (χ3v) is 6.53. The lowest BCUT2D eigenvalue weighted by molar-refractivity contribution is -0.118. The van der Waals surface area contributed by atoms with E-state index in [1.807, 2.05) is 30.5 Å². The van der Waals surface area contributed by atoms with Crippen LogP contribution in [0, 0.1) is 5.41 Å². The van der Waals surface area contributed by atoms with Crippen LogP contribution in [0.1, 0.15) is 43.9 Å². The number of Topliss-reactive ketones (excluding diaryl/α,β-unsaturated/α-hetero) is 1. The topological polar surface area (TPSA) is 42.0 Å². The van der Waals surface area contributed by atoms with Crippen LogP contribution < -0.4 is 5.32 Å². The van der Waals surface area contributed by atoms with E-state index in [4.69, 9.17) is 0 Å². The van der Waals surface area contributed by atoms with Crippen LogP contribution in [0.3, 0.4) is 0 Å². The molecule has 140 valence electrons. The Morgan fingerprint density at radius 1 is 1.07 bits per heavy atom. The third kappa shape index (κ3) is 2.70. The predicted octanol–water partition coefficient (Wildman–Crippen LogP) is 6.31. The molecule has 2 aliphatic rings. The van der Waals surface area contributed by atoms with Crippen molar-refractivity contribution in [1.82, 2.24) is 4.98 Å². The predicted molar refractivity (Wildman–Crippen MR) is 117 cm³/mol. The molecule has 2 heterocycles. The van der Waals surface area contributed by atoms with E-state index in [2.05, 4.69) is 64.3 Å². The van der Waals surface area contributed by atoms with Crippen LogP contribution in [0.5, 0.6) is 0 Å². The highest BCUT2D eigenvalue weighted by atomic mass is 79.9. The zero-order valence-corrected chi connectivity index (χ0v) is 17.5. The Bertz CT molecular complexity index is 1160. The summed E-state index contributed by atoms with van der Waals surface area (Å²) in [4.78, 5) is 17.9. The van der Waals surface area contributed by atoms with Gasteiger partial charge in [-0.1, -0.05) is 54.0 Å². The quantitative estimate of drug-likeness (QED) is 0.489. The molecule has 5 rings (SSSR count). The number of rotatable bonds is 1. The summed E-state index contributed by atoms with van der Waals surface area (Å²) >= 11 is 3.69. The lowest BCUT2D eigenvalue weighted by atomic mass is 9.68. The minimum atomic E-state index is -0.143. The molecule has 0 amide bonds. The fourth-order valence-corrected chi connectivity index (χ4v) is 5.17. The summed E-state index contributed by atoms with van der Waals surface area (Å²) in [6, 6.07) is 16.3. The number of halogens is 1. The number of allylic oxidation sites excluding steroid dienone is 1. The molecule has 0 fully saturated rings. The second-order valence-electron chi connectivity index (χ2n) is 8.49. The fraction of sp³-hybridized carbons (Fsp3) is 0.250. The normalized spacial score (nSPS) is 20.5. The maximum absolute atomic E-state index is 13.4. The Hall–Kier alpha value is -2.46. The van der Waals surface area contributed by atoms with E-state index in [9.17, 15) is 4.79 Å². The maximum atomic E-state index is 13.4. The number of nitrogens with zero attached hydrogens (tertiary/aromatic N) is 1. The van der Waals surface area contributed by atoms with E-state index < -0.39 is 0 Å². The van der Waals surface area contributed by atoms with Crippen LogP contribution in [0.25, 0.3) is 16.5 Å². The number of hydrogen-bond donors (Lipinski definition) is 1. The van der Waals surface area contributed by atoms with Crippen molar-refractivity contribution in [2.75, 3.05) is 5.32 Å². The highest BCUT2D eigenvalue weighted by molar-refractivity contribution is 9.10. The zero-order valence-electron chi connectivity index (χ0n) is 15.9. The molecule has 28 heavy (non-hydrogen) atoms. The molecule has 3 nitrogen and oxygen atoms in total. The van der Waals surface area contributed by atoms with Gasteiger partial charge in [0.2, 0.25) is 0 Å². The Morgan fingerprint density at radius 2 is 1.89 bits per heavy atom. The lowest BCUT2D eigenvalue weighted by Gasteiger charge is -2.40. The number of fused-ring (bicyclic) bond motifs is 4. The molecule has 1 atom stereocenters. The zero-order chi connectivity index (χ0) is 19.5. The summed E-state index contributed by atoms with van der Waals surface area (Å²) in [6.45, 7) is 4.38. The number of aromatic nitrogens is 1. The highest BCUT2D eigenvalue weighted by Gasteiger charge is 2.41. The van der Waals surface area contributed by atoms with Crippen LogP contribution in [0.15, 0.2) is 64.8 Å². The molecule has 1 aliphatic heterocycles. The smallest absolute Gasteiger partial charge is 0.162 e. The summed E-state index contributed by atoms with van der Waals surface area (Å²) in [5.74, 6) is 0.242. The van der Waals surface area contributed by atoms with Gasteiger partial charge in [-0.05, 0) is 47.2 Å². The first-order valence-electron chi connectivity index (χ1n) is 9.60. The van der Waals surface area contributed by atoms with Crippen molar-refractivity contribution in [2.45, 2.75) is 32.7 Å². The van der Waals surface area contributed by atoms with E-state index in [-0.39, 0.29) is 17.2 Å². The maximum Gasteiger partial charge on any atom is 0.162 e. The van der Waals surface area contributed by atoms with Gasteiger partial charge in [-0.25, -0.2) is 0 Å². The molecule has 4 heteroatoms. The van der Waals surface area contributed by atoms with Gasteiger partial charge in [0.05, 0.1) is 11.6 Å². The number of carbonyl (C=O) groups is 1. The first kappa shape index (κ1) is 17.6. The summed E-state index contributed by atoms with van der Waals surface area (Å²) in [6.07, 6.45) is 3.28. The molecule has 1 aromatic heterocycles. The van der Waals surface area contributed by atoms with Crippen LogP contribution in [0.2, 0.25) is 0 Å². The molecular formula is C24H21BrN2O. The first-order valence-corrected chi connectivity index (χ1v) is 10.4. The molecule has 0 radical (unpaired) electrons. The monoisotopic (exact) mass is 432 g/mol. The Kier molecular flexibility index (Phi) is 3.95.